The summed E-state index contributed by atoms with van der Waals surface area (Å²) >= 11 is 0. The van der Waals surface area contributed by atoms with E-state index in [9.17, 15) is 4.79 Å². The van der Waals surface area contributed by atoms with Crippen LogP contribution in [-0.4, -0.2) is 77.8 Å². The van der Waals surface area contributed by atoms with Gasteiger partial charge < -0.3 is 14.5 Å². The third-order valence-corrected chi connectivity index (χ3v) is 7.06. The van der Waals surface area contributed by atoms with Gasteiger partial charge in [-0.1, -0.05) is 30.3 Å². The Kier molecular flexibility index (Phi) is 6.26. The van der Waals surface area contributed by atoms with E-state index in [1.807, 2.05) is 17.9 Å². The highest BCUT2D eigenvalue weighted by atomic mass is 16.6. The van der Waals surface area contributed by atoms with Crippen LogP contribution in [0.1, 0.15) is 37.4 Å². The van der Waals surface area contributed by atoms with Crippen LogP contribution in [0.4, 0.5) is 10.6 Å². The maximum Gasteiger partial charge on any atom is 0.409 e. The fourth-order valence-corrected chi connectivity index (χ4v) is 5.32. The number of aromatic nitrogens is 2. The molecule has 7 nitrogen and oxygen atoms in total. The summed E-state index contributed by atoms with van der Waals surface area (Å²) in [4.78, 5) is 28.9. The van der Waals surface area contributed by atoms with Crippen LogP contribution >= 0.6 is 0 Å². The highest BCUT2D eigenvalue weighted by Crippen LogP contribution is 2.32. The van der Waals surface area contributed by atoms with Gasteiger partial charge in [-0.2, -0.15) is 0 Å². The lowest BCUT2D eigenvalue weighted by molar-refractivity contribution is 0.0729. The molecule has 0 bridgehead atoms. The third kappa shape index (κ3) is 4.31. The lowest BCUT2D eigenvalue weighted by Gasteiger charge is -2.43. The monoisotopic (exact) mass is 435 g/mol. The van der Waals surface area contributed by atoms with Gasteiger partial charge in [-0.25, -0.2) is 14.8 Å². The van der Waals surface area contributed by atoms with Gasteiger partial charge in [-0.15, -0.1) is 0 Å². The number of likely N-dealkylation sites (tertiary alicyclic amines) is 1. The number of carbonyl (C=O) groups is 1. The van der Waals surface area contributed by atoms with Gasteiger partial charge in [0.25, 0.3) is 0 Å². The molecule has 170 valence electrons. The maximum atomic E-state index is 12.0. The molecule has 5 rings (SSSR count). The zero-order valence-electron chi connectivity index (χ0n) is 19.0. The van der Waals surface area contributed by atoms with E-state index in [-0.39, 0.29) is 6.09 Å². The first kappa shape index (κ1) is 21.2. The molecular formula is C25H33N5O2. The minimum absolute atomic E-state index is 0.164. The van der Waals surface area contributed by atoms with Crippen LogP contribution in [0.15, 0.2) is 30.3 Å². The first-order chi connectivity index (χ1) is 15.7. The molecule has 0 atom stereocenters. The van der Waals surface area contributed by atoms with Gasteiger partial charge in [0.1, 0.15) is 5.82 Å². The maximum absolute atomic E-state index is 12.0. The van der Waals surface area contributed by atoms with Gasteiger partial charge in [-0.3, -0.25) is 4.90 Å². The number of aryl methyl sites for hydroxylation is 1. The van der Waals surface area contributed by atoms with Crippen LogP contribution < -0.4 is 4.90 Å². The molecule has 2 aromatic rings. The van der Waals surface area contributed by atoms with E-state index in [1.54, 1.807) is 0 Å². The Balaban J connectivity index is 1.24. The van der Waals surface area contributed by atoms with Crippen LogP contribution in [0, 0.1) is 0 Å². The lowest BCUT2D eigenvalue weighted by Crippen LogP contribution is -2.54. The third-order valence-electron chi connectivity index (χ3n) is 7.06. The summed E-state index contributed by atoms with van der Waals surface area (Å²) in [6.45, 7) is 7.98. The highest BCUT2D eigenvalue weighted by molar-refractivity contribution is 5.67. The summed E-state index contributed by atoms with van der Waals surface area (Å²) in [6, 6.07) is 10.9. The number of ether oxygens (including phenoxy) is 1. The number of anilines is 1. The number of hydrogen-bond acceptors (Lipinski definition) is 6. The van der Waals surface area contributed by atoms with Crippen molar-refractivity contribution in [2.24, 2.45) is 0 Å². The molecule has 0 radical (unpaired) electrons. The second-order valence-electron chi connectivity index (χ2n) is 8.96. The molecule has 1 amide bonds. The number of piperidine rings is 1. The second-order valence-corrected chi connectivity index (χ2v) is 8.96. The fourth-order valence-electron chi connectivity index (χ4n) is 5.32. The van der Waals surface area contributed by atoms with Crippen molar-refractivity contribution in [2.45, 2.75) is 45.1 Å². The summed E-state index contributed by atoms with van der Waals surface area (Å²) < 4.78 is 5.16. The van der Waals surface area contributed by atoms with Crippen molar-refractivity contribution in [1.82, 2.24) is 19.8 Å². The van der Waals surface area contributed by atoms with Crippen LogP contribution in [0.25, 0.3) is 11.4 Å². The molecule has 1 aromatic heterocycles. The minimum Gasteiger partial charge on any atom is -0.450 e. The second kappa shape index (κ2) is 9.45. The van der Waals surface area contributed by atoms with Crippen molar-refractivity contribution < 1.29 is 9.53 Å². The topological polar surface area (TPSA) is 61.8 Å². The number of amides is 1. The van der Waals surface area contributed by atoms with Crippen molar-refractivity contribution in [3.05, 3.63) is 41.6 Å². The SMILES string of the molecule is CCOC(=O)N1CCC(N2CCN(c3nc(-c4ccccc4)nc4c3CCC4)CC2)CC1. The van der Waals surface area contributed by atoms with Gasteiger partial charge >= 0.3 is 6.09 Å². The molecule has 3 heterocycles. The van der Waals surface area contributed by atoms with Gasteiger partial charge in [-0.05, 0) is 39.0 Å². The number of piperazine rings is 1. The molecule has 0 unspecified atom stereocenters. The fraction of sp³-hybridized carbons (Fsp3) is 0.560. The van der Waals surface area contributed by atoms with Crippen molar-refractivity contribution in [3.8, 4) is 11.4 Å². The number of hydrogen-bond donors (Lipinski definition) is 0. The average molecular weight is 436 g/mol. The molecule has 3 aliphatic rings. The normalized spacial score (nSPS) is 19.8. The average Bonchev–Trinajstić information content (AvgIpc) is 3.33. The number of rotatable bonds is 4. The summed E-state index contributed by atoms with van der Waals surface area (Å²) in [6.07, 6.45) is 5.21. The summed E-state index contributed by atoms with van der Waals surface area (Å²) in [5, 5.41) is 0. The minimum atomic E-state index is -0.164. The summed E-state index contributed by atoms with van der Waals surface area (Å²) in [5.41, 5.74) is 3.69. The summed E-state index contributed by atoms with van der Waals surface area (Å²) in [5.74, 6) is 2.01. The molecule has 2 fully saturated rings. The van der Waals surface area contributed by atoms with E-state index in [0.29, 0.717) is 12.6 Å². The largest absolute Gasteiger partial charge is 0.450 e. The smallest absolute Gasteiger partial charge is 0.409 e. The molecule has 1 aliphatic carbocycles. The Hall–Kier alpha value is -2.67. The van der Waals surface area contributed by atoms with E-state index in [1.165, 1.54) is 17.7 Å². The number of benzene rings is 1. The van der Waals surface area contributed by atoms with Crippen LogP contribution in [0.2, 0.25) is 0 Å². The molecular weight excluding hydrogens is 402 g/mol. The predicted octanol–water partition coefficient (Wildman–Crippen LogP) is 3.38. The molecule has 0 spiro atoms. The van der Waals surface area contributed by atoms with Crippen LogP contribution in [0.3, 0.4) is 0 Å². The molecule has 2 saturated heterocycles. The molecule has 1 aromatic carbocycles. The van der Waals surface area contributed by atoms with Gasteiger partial charge in [0.05, 0.1) is 6.61 Å². The lowest BCUT2D eigenvalue weighted by atomic mass is 10.0. The Labute approximate surface area is 190 Å². The zero-order valence-corrected chi connectivity index (χ0v) is 19.0. The molecule has 2 aliphatic heterocycles. The Morgan fingerprint density at radius 1 is 1.00 bits per heavy atom. The zero-order chi connectivity index (χ0) is 21.9. The Morgan fingerprint density at radius 2 is 1.75 bits per heavy atom. The van der Waals surface area contributed by atoms with Gasteiger partial charge in [0.2, 0.25) is 0 Å². The van der Waals surface area contributed by atoms with Crippen molar-refractivity contribution in [2.75, 3.05) is 50.8 Å². The summed E-state index contributed by atoms with van der Waals surface area (Å²) in [7, 11) is 0. The Morgan fingerprint density at radius 3 is 2.47 bits per heavy atom. The van der Waals surface area contributed by atoms with Crippen molar-refractivity contribution >= 4 is 11.9 Å². The van der Waals surface area contributed by atoms with E-state index < -0.39 is 0 Å². The van der Waals surface area contributed by atoms with E-state index in [0.717, 1.165) is 82.2 Å². The predicted molar refractivity (Wildman–Crippen MR) is 125 cm³/mol. The number of carbonyl (C=O) groups excluding carboxylic acids is 1. The van der Waals surface area contributed by atoms with Crippen molar-refractivity contribution in [3.63, 3.8) is 0 Å². The molecule has 0 saturated carbocycles. The Bertz CT molecular complexity index is 935. The van der Waals surface area contributed by atoms with Gasteiger partial charge in [0, 0.05) is 62.1 Å². The molecule has 7 heteroatoms. The quantitative estimate of drug-likeness (QED) is 0.734. The molecule has 0 N–H and O–H groups in total. The highest BCUT2D eigenvalue weighted by Gasteiger charge is 2.31. The van der Waals surface area contributed by atoms with E-state index in [4.69, 9.17) is 14.7 Å². The van der Waals surface area contributed by atoms with E-state index >= 15 is 0 Å². The van der Waals surface area contributed by atoms with Crippen LogP contribution in [-0.2, 0) is 17.6 Å². The van der Waals surface area contributed by atoms with Crippen LogP contribution in [0.5, 0.6) is 0 Å². The number of fused-ring (bicyclic) bond motifs is 1. The van der Waals surface area contributed by atoms with E-state index in [2.05, 4.69) is 34.1 Å². The number of nitrogens with zero attached hydrogens (tertiary/aromatic N) is 5. The standard InChI is InChI=1S/C25H33N5O2/c1-2-32-25(31)30-13-11-20(12-14-30)28-15-17-29(18-16-28)24-21-9-6-10-22(21)26-23(27-24)19-7-4-3-5-8-19/h3-5,7-8,20H,2,6,9-18H2,1H3. The molecule has 32 heavy (non-hydrogen) atoms. The van der Waals surface area contributed by atoms with Gasteiger partial charge in [0.15, 0.2) is 5.82 Å². The van der Waals surface area contributed by atoms with Crippen molar-refractivity contribution in [1.29, 1.82) is 0 Å². The first-order valence-electron chi connectivity index (χ1n) is 12.1. The first-order valence-corrected chi connectivity index (χ1v) is 12.1.